The number of aliphatic carboxylic acids is 1. The van der Waals surface area contributed by atoms with Crippen molar-refractivity contribution in [3.8, 4) is 17.2 Å². The summed E-state index contributed by atoms with van der Waals surface area (Å²) in [5.74, 6) is 0.916. The minimum atomic E-state index is -0.781. The molecule has 3 rings (SSSR count). The predicted molar refractivity (Wildman–Crippen MR) is 105 cm³/mol. The van der Waals surface area contributed by atoms with Crippen LogP contribution in [0.25, 0.3) is 0 Å². The second-order valence-corrected chi connectivity index (χ2v) is 6.81. The number of carboxylic acid groups (broad SMARTS) is 1. The van der Waals surface area contributed by atoms with E-state index in [1.165, 1.54) is 0 Å². The lowest BCUT2D eigenvalue weighted by Crippen LogP contribution is -2.39. The summed E-state index contributed by atoms with van der Waals surface area (Å²) in [6, 6.07) is 14.5. The summed E-state index contributed by atoms with van der Waals surface area (Å²) in [4.78, 5) is 25.7. The molecule has 0 bridgehead atoms. The summed E-state index contributed by atoms with van der Waals surface area (Å²) >= 11 is 0. The summed E-state index contributed by atoms with van der Waals surface area (Å²) in [6.07, 6.45) is 1.57. The van der Waals surface area contributed by atoms with Crippen LogP contribution in [0, 0.1) is 5.92 Å². The lowest BCUT2D eigenvalue weighted by atomic mass is 9.93. The maximum atomic E-state index is 13.0. The van der Waals surface area contributed by atoms with Crippen LogP contribution >= 0.6 is 0 Å². The average molecular weight is 383 g/mol. The molecule has 1 fully saturated rings. The zero-order valence-corrected chi connectivity index (χ0v) is 16.0. The maximum Gasteiger partial charge on any atom is 0.303 e. The molecule has 2 aromatic carbocycles. The molecule has 0 spiro atoms. The molecule has 28 heavy (non-hydrogen) atoms. The van der Waals surface area contributed by atoms with Gasteiger partial charge in [0.1, 0.15) is 5.75 Å². The van der Waals surface area contributed by atoms with Gasteiger partial charge in [0.25, 0.3) is 5.91 Å². The fraction of sp³-hybridized carbons (Fsp3) is 0.364. The summed E-state index contributed by atoms with van der Waals surface area (Å²) in [5, 5.41) is 8.95. The Kier molecular flexibility index (Phi) is 6.53. The van der Waals surface area contributed by atoms with E-state index < -0.39 is 5.97 Å². The van der Waals surface area contributed by atoms with Gasteiger partial charge in [-0.2, -0.15) is 0 Å². The van der Waals surface area contributed by atoms with Crippen LogP contribution in [-0.4, -0.2) is 41.6 Å². The third-order valence-electron chi connectivity index (χ3n) is 4.85. The number of rotatable bonds is 7. The highest BCUT2D eigenvalue weighted by Crippen LogP contribution is 2.34. The van der Waals surface area contributed by atoms with Gasteiger partial charge in [-0.3, -0.25) is 9.59 Å². The van der Waals surface area contributed by atoms with Crippen molar-refractivity contribution in [3.05, 3.63) is 54.1 Å². The SMILES string of the molecule is CCOc1ccccc1Oc1ccccc1C(=O)N1CCC(CC(=O)O)CC1. The molecular weight excluding hydrogens is 358 g/mol. The Morgan fingerprint density at radius 1 is 1.00 bits per heavy atom. The van der Waals surface area contributed by atoms with Gasteiger partial charge in [0, 0.05) is 19.5 Å². The summed E-state index contributed by atoms with van der Waals surface area (Å²) in [7, 11) is 0. The van der Waals surface area contributed by atoms with E-state index in [4.69, 9.17) is 14.6 Å². The minimum Gasteiger partial charge on any atom is -0.490 e. The minimum absolute atomic E-state index is 0.0988. The van der Waals surface area contributed by atoms with Crippen LogP contribution in [0.1, 0.15) is 36.5 Å². The first-order valence-corrected chi connectivity index (χ1v) is 9.58. The molecule has 6 nitrogen and oxygen atoms in total. The number of likely N-dealkylation sites (tertiary alicyclic amines) is 1. The fourth-order valence-corrected chi connectivity index (χ4v) is 3.42. The first-order chi connectivity index (χ1) is 13.6. The summed E-state index contributed by atoms with van der Waals surface area (Å²) < 4.78 is 11.6. The van der Waals surface area contributed by atoms with Gasteiger partial charge in [-0.15, -0.1) is 0 Å². The lowest BCUT2D eigenvalue weighted by molar-refractivity contribution is -0.138. The van der Waals surface area contributed by atoms with Crippen molar-refractivity contribution in [1.82, 2.24) is 4.90 Å². The van der Waals surface area contributed by atoms with Gasteiger partial charge < -0.3 is 19.5 Å². The Morgan fingerprint density at radius 2 is 1.61 bits per heavy atom. The monoisotopic (exact) mass is 383 g/mol. The molecule has 0 aromatic heterocycles. The molecule has 0 saturated carbocycles. The first-order valence-electron chi connectivity index (χ1n) is 9.58. The van der Waals surface area contributed by atoms with Gasteiger partial charge in [0.2, 0.25) is 0 Å². The second kappa shape index (κ2) is 9.26. The van der Waals surface area contributed by atoms with Crippen molar-refractivity contribution in [2.45, 2.75) is 26.2 Å². The zero-order valence-electron chi connectivity index (χ0n) is 16.0. The van der Waals surface area contributed by atoms with E-state index >= 15 is 0 Å². The number of ether oxygens (including phenoxy) is 2. The van der Waals surface area contributed by atoms with Crippen molar-refractivity contribution in [2.75, 3.05) is 19.7 Å². The van der Waals surface area contributed by atoms with E-state index in [1.54, 1.807) is 17.0 Å². The van der Waals surface area contributed by atoms with Crippen molar-refractivity contribution in [2.24, 2.45) is 5.92 Å². The molecule has 6 heteroatoms. The van der Waals surface area contributed by atoms with Gasteiger partial charge in [-0.25, -0.2) is 0 Å². The number of carbonyl (C=O) groups excluding carboxylic acids is 1. The molecule has 1 aliphatic rings. The Morgan fingerprint density at radius 3 is 2.25 bits per heavy atom. The number of carbonyl (C=O) groups is 2. The van der Waals surface area contributed by atoms with Gasteiger partial charge in [0.15, 0.2) is 11.5 Å². The third kappa shape index (κ3) is 4.82. The number of piperidine rings is 1. The van der Waals surface area contributed by atoms with Gasteiger partial charge in [-0.1, -0.05) is 24.3 Å². The Bertz CT molecular complexity index is 827. The van der Waals surface area contributed by atoms with E-state index in [1.807, 2.05) is 43.3 Å². The molecule has 0 aliphatic carbocycles. The highest BCUT2D eigenvalue weighted by molar-refractivity contribution is 5.97. The van der Waals surface area contributed by atoms with Crippen LogP contribution in [0.2, 0.25) is 0 Å². The van der Waals surface area contributed by atoms with Crippen molar-refractivity contribution in [1.29, 1.82) is 0 Å². The Hall–Kier alpha value is -3.02. The smallest absolute Gasteiger partial charge is 0.303 e. The van der Waals surface area contributed by atoms with Crippen molar-refractivity contribution >= 4 is 11.9 Å². The fourth-order valence-electron chi connectivity index (χ4n) is 3.42. The maximum absolute atomic E-state index is 13.0. The quantitative estimate of drug-likeness (QED) is 0.775. The van der Waals surface area contributed by atoms with E-state index in [-0.39, 0.29) is 18.2 Å². The normalized spacial score (nSPS) is 14.5. The topological polar surface area (TPSA) is 76.1 Å². The number of hydrogen-bond donors (Lipinski definition) is 1. The highest BCUT2D eigenvalue weighted by Gasteiger charge is 2.26. The van der Waals surface area contributed by atoms with E-state index in [2.05, 4.69) is 0 Å². The third-order valence-corrected chi connectivity index (χ3v) is 4.85. The average Bonchev–Trinajstić information content (AvgIpc) is 2.70. The zero-order chi connectivity index (χ0) is 19.9. The first kappa shape index (κ1) is 19.7. The number of nitrogens with zero attached hydrogens (tertiary/aromatic N) is 1. The van der Waals surface area contributed by atoms with Crippen LogP contribution in [-0.2, 0) is 4.79 Å². The number of para-hydroxylation sites is 3. The molecule has 0 radical (unpaired) electrons. The molecule has 2 aromatic rings. The standard InChI is InChI=1S/C22H25NO5/c1-2-27-19-9-5-6-10-20(19)28-18-8-4-3-7-17(18)22(26)23-13-11-16(12-14-23)15-21(24)25/h3-10,16H,2,11-15H2,1H3,(H,24,25). The molecular formula is C22H25NO5. The highest BCUT2D eigenvalue weighted by atomic mass is 16.5. The molecule has 1 aliphatic heterocycles. The van der Waals surface area contributed by atoms with Gasteiger partial charge in [-0.05, 0) is 49.9 Å². The summed E-state index contributed by atoms with van der Waals surface area (Å²) in [6.45, 7) is 3.54. The number of carboxylic acids is 1. The molecule has 0 unspecified atom stereocenters. The van der Waals surface area contributed by atoms with Crippen LogP contribution in [0.15, 0.2) is 48.5 Å². The Balaban J connectivity index is 1.74. The van der Waals surface area contributed by atoms with Crippen LogP contribution in [0.4, 0.5) is 0 Å². The van der Waals surface area contributed by atoms with Crippen LogP contribution in [0.5, 0.6) is 17.2 Å². The number of hydrogen-bond acceptors (Lipinski definition) is 4. The molecule has 1 amide bonds. The molecule has 1 saturated heterocycles. The predicted octanol–water partition coefficient (Wildman–Crippen LogP) is 4.20. The lowest BCUT2D eigenvalue weighted by Gasteiger charge is -2.31. The second-order valence-electron chi connectivity index (χ2n) is 6.81. The molecule has 0 atom stereocenters. The number of amides is 1. The van der Waals surface area contributed by atoms with Crippen molar-refractivity contribution < 1.29 is 24.2 Å². The van der Waals surface area contributed by atoms with Crippen LogP contribution in [0.3, 0.4) is 0 Å². The van der Waals surface area contributed by atoms with Gasteiger partial charge in [0.05, 0.1) is 12.2 Å². The molecule has 1 heterocycles. The number of benzene rings is 2. The molecule has 1 N–H and O–H groups in total. The summed E-state index contributed by atoms with van der Waals surface area (Å²) in [5.41, 5.74) is 0.491. The van der Waals surface area contributed by atoms with Crippen LogP contribution < -0.4 is 9.47 Å². The van der Waals surface area contributed by atoms with Gasteiger partial charge >= 0.3 is 5.97 Å². The molecule has 148 valence electrons. The van der Waals surface area contributed by atoms with E-state index in [0.29, 0.717) is 55.4 Å². The van der Waals surface area contributed by atoms with E-state index in [9.17, 15) is 9.59 Å². The van der Waals surface area contributed by atoms with E-state index in [0.717, 1.165) is 0 Å². The Labute approximate surface area is 164 Å². The largest absolute Gasteiger partial charge is 0.490 e. The van der Waals surface area contributed by atoms with Crippen molar-refractivity contribution in [3.63, 3.8) is 0 Å².